The van der Waals surface area contributed by atoms with Crippen LogP contribution in [0.5, 0.6) is 0 Å². The van der Waals surface area contributed by atoms with Crippen molar-refractivity contribution in [3.05, 3.63) is 73.8 Å². The molecule has 0 unspecified atom stereocenters. The van der Waals surface area contributed by atoms with Crippen LogP contribution in [0.4, 0.5) is 5.69 Å². The molecule has 8 heteroatoms. The number of carbonyl (C=O) groups is 1. The normalized spacial score (nSPS) is 10.9. The van der Waals surface area contributed by atoms with Crippen molar-refractivity contribution in [2.45, 2.75) is 19.6 Å². The summed E-state index contributed by atoms with van der Waals surface area (Å²) < 4.78 is 0. The summed E-state index contributed by atoms with van der Waals surface area (Å²) in [5.41, 5.74) is 6.24. The molecular formula is C18H18ClN3O3S. The minimum atomic E-state index is -0.518. The van der Waals surface area contributed by atoms with E-state index in [0.29, 0.717) is 10.6 Å². The van der Waals surface area contributed by atoms with Crippen LogP contribution in [0.15, 0.2) is 41.5 Å². The van der Waals surface area contributed by atoms with Crippen molar-refractivity contribution in [2.24, 2.45) is 5.10 Å². The number of hydrogen-bond acceptors (Lipinski definition) is 5. The van der Waals surface area contributed by atoms with E-state index in [9.17, 15) is 14.9 Å². The quantitative estimate of drug-likeness (QED) is 0.434. The summed E-state index contributed by atoms with van der Waals surface area (Å²) in [6.07, 6.45) is 1.29. The van der Waals surface area contributed by atoms with Gasteiger partial charge in [-0.05, 0) is 25.5 Å². The molecule has 0 fully saturated rings. The number of nitrogens with zero attached hydrogens (tertiary/aromatic N) is 2. The Morgan fingerprint density at radius 3 is 2.62 bits per heavy atom. The zero-order valence-electron chi connectivity index (χ0n) is 14.4. The predicted octanol–water partition coefficient (Wildman–Crippen LogP) is 4.25. The Balaban J connectivity index is 1.84. The molecule has 0 radical (unpaired) electrons. The van der Waals surface area contributed by atoms with E-state index >= 15 is 0 Å². The number of benzene rings is 2. The summed E-state index contributed by atoms with van der Waals surface area (Å²) in [5.74, 6) is 0.737. The molecule has 1 N–H and O–H groups in total. The largest absolute Gasteiger partial charge is 0.272 e. The number of aryl methyl sites for hydroxylation is 2. The summed E-state index contributed by atoms with van der Waals surface area (Å²) >= 11 is 7.45. The molecule has 0 saturated heterocycles. The fraction of sp³-hybridized carbons (Fsp3) is 0.222. The minimum Gasteiger partial charge on any atom is -0.272 e. The van der Waals surface area contributed by atoms with Gasteiger partial charge in [-0.1, -0.05) is 40.9 Å². The van der Waals surface area contributed by atoms with Crippen molar-refractivity contribution in [3.8, 4) is 0 Å². The maximum atomic E-state index is 11.8. The number of hydrogen-bond donors (Lipinski definition) is 1. The average molecular weight is 392 g/mol. The third-order valence-electron chi connectivity index (χ3n) is 3.37. The standard InChI is InChI=1S/C18H18ClN3O3S/c1-12-5-13(2)7-14(6-12)10-26-11-18(23)21-20-9-15-8-16(22(24)25)3-4-17(15)19/h3-9H,10-11H2,1-2H3,(H,21,23)/b20-9-. The first kappa shape index (κ1) is 19.9. The van der Waals surface area contributed by atoms with Crippen LogP contribution in [0.1, 0.15) is 22.3 Å². The number of rotatable bonds is 7. The number of hydrazone groups is 1. The van der Waals surface area contributed by atoms with E-state index in [4.69, 9.17) is 11.6 Å². The minimum absolute atomic E-state index is 0.0915. The van der Waals surface area contributed by atoms with Crippen molar-refractivity contribution < 1.29 is 9.72 Å². The highest BCUT2D eigenvalue weighted by Crippen LogP contribution is 2.20. The zero-order valence-corrected chi connectivity index (χ0v) is 15.9. The number of nitro groups is 1. The van der Waals surface area contributed by atoms with Gasteiger partial charge in [0.05, 0.1) is 16.9 Å². The summed E-state index contributed by atoms with van der Waals surface area (Å²) in [4.78, 5) is 22.1. The third-order valence-corrected chi connectivity index (χ3v) is 4.71. The lowest BCUT2D eigenvalue weighted by atomic mass is 10.1. The van der Waals surface area contributed by atoms with E-state index in [2.05, 4.69) is 28.7 Å². The summed E-state index contributed by atoms with van der Waals surface area (Å²) in [5, 5.41) is 14.9. The Morgan fingerprint density at radius 1 is 1.27 bits per heavy atom. The van der Waals surface area contributed by atoms with Gasteiger partial charge in [-0.3, -0.25) is 14.9 Å². The summed E-state index contributed by atoms with van der Waals surface area (Å²) in [6.45, 7) is 4.09. The van der Waals surface area contributed by atoms with Crippen LogP contribution in [0.3, 0.4) is 0 Å². The topological polar surface area (TPSA) is 84.6 Å². The molecule has 2 rings (SSSR count). The zero-order chi connectivity index (χ0) is 19.1. The first-order valence-corrected chi connectivity index (χ1v) is 9.29. The average Bonchev–Trinajstić information content (AvgIpc) is 2.55. The second-order valence-electron chi connectivity index (χ2n) is 5.74. The van der Waals surface area contributed by atoms with Gasteiger partial charge in [-0.2, -0.15) is 5.10 Å². The maximum absolute atomic E-state index is 11.8. The monoisotopic (exact) mass is 391 g/mol. The highest BCUT2D eigenvalue weighted by molar-refractivity contribution is 7.99. The number of carbonyl (C=O) groups excluding carboxylic acids is 1. The number of thioether (sulfide) groups is 1. The highest BCUT2D eigenvalue weighted by Gasteiger charge is 2.08. The van der Waals surface area contributed by atoms with Gasteiger partial charge in [0.15, 0.2) is 0 Å². The summed E-state index contributed by atoms with van der Waals surface area (Å²) in [6, 6.07) is 10.3. The number of nitro benzene ring substituents is 1. The molecule has 0 aromatic heterocycles. The Kier molecular flexibility index (Phi) is 7.17. The molecule has 6 nitrogen and oxygen atoms in total. The van der Waals surface area contributed by atoms with Gasteiger partial charge in [0.25, 0.3) is 5.69 Å². The SMILES string of the molecule is Cc1cc(C)cc(CSCC(=O)N/N=C\c2cc([N+](=O)[O-])ccc2Cl)c1. The van der Waals surface area contributed by atoms with E-state index in [-0.39, 0.29) is 17.3 Å². The van der Waals surface area contributed by atoms with E-state index in [1.165, 1.54) is 52.9 Å². The molecule has 26 heavy (non-hydrogen) atoms. The molecule has 0 bridgehead atoms. The van der Waals surface area contributed by atoms with Crippen LogP contribution in [0.25, 0.3) is 0 Å². The first-order valence-electron chi connectivity index (χ1n) is 7.76. The molecule has 2 aromatic rings. The lowest BCUT2D eigenvalue weighted by molar-refractivity contribution is -0.384. The second-order valence-corrected chi connectivity index (χ2v) is 7.14. The molecule has 0 aliphatic carbocycles. The van der Waals surface area contributed by atoms with Crippen LogP contribution < -0.4 is 5.43 Å². The van der Waals surface area contributed by atoms with Gasteiger partial charge in [-0.15, -0.1) is 11.8 Å². The van der Waals surface area contributed by atoms with Crippen LogP contribution in [-0.4, -0.2) is 22.8 Å². The lowest BCUT2D eigenvalue weighted by Crippen LogP contribution is -2.19. The maximum Gasteiger partial charge on any atom is 0.270 e. The molecule has 136 valence electrons. The van der Waals surface area contributed by atoms with Gasteiger partial charge in [-0.25, -0.2) is 5.43 Å². The predicted molar refractivity (Wildman–Crippen MR) is 106 cm³/mol. The lowest BCUT2D eigenvalue weighted by Gasteiger charge is -2.05. The van der Waals surface area contributed by atoms with Crippen LogP contribution in [-0.2, 0) is 10.5 Å². The molecule has 0 saturated carbocycles. The van der Waals surface area contributed by atoms with Gasteiger partial charge >= 0.3 is 0 Å². The van der Waals surface area contributed by atoms with Gasteiger partial charge < -0.3 is 0 Å². The van der Waals surface area contributed by atoms with Crippen molar-refractivity contribution >= 4 is 41.2 Å². The molecule has 0 aliphatic heterocycles. The van der Waals surface area contributed by atoms with E-state index in [1.807, 2.05) is 13.8 Å². The smallest absolute Gasteiger partial charge is 0.270 e. The Labute approximate surface area is 160 Å². The first-order chi connectivity index (χ1) is 12.3. The second kappa shape index (κ2) is 9.35. The van der Waals surface area contributed by atoms with Gasteiger partial charge in [0.1, 0.15) is 0 Å². The van der Waals surface area contributed by atoms with Crippen molar-refractivity contribution in [1.82, 2.24) is 5.43 Å². The Morgan fingerprint density at radius 2 is 1.96 bits per heavy atom. The van der Waals surface area contributed by atoms with Crippen LogP contribution in [0, 0.1) is 24.0 Å². The number of nitrogens with one attached hydrogen (secondary N) is 1. The summed E-state index contributed by atoms with van der Waals surface area (Å²) in [7, 11) is 0. The molecule has 0 atom stereocenters. The fourth-order valence-electron chi connectivity index (χ4n) is 2.36. The molecule has 2 aromatic carbocycles. The van der Waals surface area contributed by atoms with Gasteiger partial charge in [0, 0.05) is 28.5 Å². The van der Waals surface area contributed by atoms with Crippen molar-refractivity contribution in [1.29, 1.82) is 0 Å². The molecule has 0 spiro atoms. The van der Waals surface area contributed by atoms with Crippen molar-refractivity contribution in [3.63, 3.8) is 0 Å². The molecule has 1 amide bonds. The third kappa shape index (κ3) is 6.16. The van der Waals surface area contributed by atoms with Gasteiger partial charge in [0.2, 0.25) is 5.91 Å². The Bertz CT molecular complexity index is 835. The highest BCUT2D eigenvalue weighted by atomic mass is 35.5. The van der Waals surface area contributed by atoms with E-state index in [1.54, 1.807) is 0 Å². The van der Waals surface area contributed by atoms with Crippen LogP contribution in [0.2, 0.25) is 5.02 Å². The number of non-ortho nitro benzene ring substituents is 1. The van der Waals surface area contributed by atoms with E-state index < -0.39 is 4.92 Å². The molecular weight excluding hydrogens is 374 g/mol. The Hall–Kier alpha value is -2.38. The molecule has 0 aliphatic rings. The molecule has 0 heterocycles. The van der Waals surface area contributed by atoms with E-state index in [0.717, 1.165) is 5.75 Å². The van der Waals surface area contributed by atoms with Crippen LogP contribution >= 0.6 is 23.4 Å². The number of halogens is 1. The fourth-order valence-corrected chi connectivity index (χ4v) is 3.28. The number of amides is 1. The van der Waals surface area contributed by atoms with Crippen molar-refractivity contribution in [2.75, 3.05) is 5.75 Å².